The number of hydrogen-bond acceptors (Lipinski definition) is 4. The molecule has 5 nitrogen and oxygen atoms in total. The number of carbonyl (C=O) groups excluding carboxylic acids is 1. The molecule has 2 aromatic heterocycles. The molecule has 6 rings (SSSR count). The third-order valence-electron chi connectivity index (χ3n) is 11.0. The van der Waals surface area contributed by atoms with Gasteiger partial charge in [-0.3, -0.25) is 9.78 Å². The molecule has 1 radical (unpaired) electrons. The number of benzene rings is 4. The number of halogens is 3. The first-order valence-electron chi connectivity index (χ1n) is 19.8. The number of aliphatic hydroxyl groups is 1. The van der Waals surface area contributed by atoms with Gasteiger partial charge in [0.15, 0.2) is 5.78 Å². The van der Waals surface area contributed by atoms with Gasteiger partial charge < -0.3 is 9.67 Å². The van der Waals surface area contributed by atoms with Crippen LogP contribution in [0.25, 0.3) is 49.7 Å². The summed E-state index contributed by atoms with van der Waals surface area (Å²) in [6.45, 7) is 17.1. The average molecular weight is 955 g/mol. The van der Waals surface area contributed by atoms with Crippen LogP contribution in [0.1, 0.15) is 99.1 Å². The first-order chi connectivity index (χ1) is 26.4. The number of fused-ring (bicyclic) bond motifs is 4. The van der Waals surface area contributed by atoms with Crippen LogP contribution in [0.15, 0.2) is 97.0 Å². The van der Waals surface area contributed by atoms with Crippen LogP contribution in [0.4, 0.5) is 13.2 Å². The molecule has 6 aromatic rings. The summed E-state index contributed by atoms with van der Waals surface area (Å²) in [6, 6.07) is 29.4. The summed E-state index contributed by atoms with van der Waals surface area (Å²) in [5, 5.41) is 12.8. The SMILES string of the molecule is CC(C)(C)c1cc(-c2ncnc3c4ccc(CC(C)(C)C(F)(F)F)cc4n(-c4ccccc4)c23)[c-]c2ccccc12.CCC(CC)C(=O)/C=C(\O)C(CC)CC.[Ir]. The number of alkyl halides is 3. The first kappa shape index (κ1) is 45.4. The van der Waals surface area contributed by atoms with Gasteiger partial charge in [-0.25, -0.2) is 4.98 Å². The summed E-state index contributed by atoms with van der Waals surface area (Å²) in [4.78, 5) is 21.2. The Morgan fingerprint density at radius 1 is 0.807 bits per heavy atom. The minimum absolute atomic E-state index is 0. The molecule has 0 amide bonds. The largest absolute Gasteiger partial charge is 0.512 e. The average Bonchev–Trinajstić information content (AvgIpc) is 3.48. The van der Waals surface area contributed by atoms with Crippen molar-refractivity contribution in [1.82, 2.24) is 14.5 Å². The Morgan fingerprint density at radius 2 is 1.42 bits per heavy atom. The summed E-state index contributed by atoms with van der Waals surface area (Å²) >= 11 is 0. The third-order valence-corrected chi connectivity index (χ3v) is 11.0. The number of rotatable bonds is 11. The molecule has 4 aromatic carbocycles. The van der Waals surface area contributed by atoms with E-state index in [1.807, 2.05) is 82.3 Å². The molecule has 0 aliphatic heterocycles. The maximum absolute atomic E-state index is 13.8. The number of allylic oxidation sites excluding steroid dienone is 2. The van der Waals surface area contributed by atoms with E-state index in [4.69, 9.17) is 9.97 Å². The van der Waals surface area contributed by atoms with Gasteiger partial charge in [0.05, 0.1) is 27.7 Å². The molecule has 1 N–H and O–H groups in total. The zero-order valence-electron chi connectivity index (χ0n) is 34.5. The minimum atomic E-state index is -4.32. The van der Waals surface area contributed by atoms with Crippen molar-refractivity contribution in [3.8, 4) is 16.9 Å². The molecule has 0 saturated carbocycles. The fraction of sp³-hybridized carbons (Fsp3) is 0.396. The summed E-state index contributed by atoms with van der Waals surface area (Å²) in [5.74, 6) is 0.547. The minimum Gasteiger partial charge on any atom is -0.512 e. The molecule has 305 valence electrons. The van der Waals surface area contributed by atoms with E-state index in [1.165, 1.54) is 25.5 Å². The van der Waals surface area contributed by atoms with Gasteiger partial charge in [0.2, 0.25) is 0 Å². The van der Waals surface area contributed by atoms with Gasteiger partial charge in [-0.05, 0) is 61.3 Å². The van der Waals surface area contributed by atoms with Gasteiger partial charge in [0.1, 0.15) is 6.33 Å². The van der Waals surface area contributed by atoms with Crippen LogP contribution < -0.4 is 0 Å². The molecule has 57 heavy (non-hydrogen) atoms. The van der Waals surface area contributed by atoms with Crippen molar-refractivity contribution in [2.75, 3.05) is 0 Å². The topological polar surface area (TPSA) is 68.0 Å². The number of aliphatic hydroxyl groups excluding tert-OH is 1. The van der Waals surface area contributed by atoms with E-state index in [9.17, 15) is 23.1 Å². The Labute approximate surface area is 349 Å². The molecule has 0 bridgehead atoms. The smallest absolute Gasteiger partial charge is 0.394 e. The van der Waals surface area contributed by atoms with Gasteiger partial charge in [-0.15, -0.1) is 29.1 Å². The molecular formula is C48H55F3IrN3O2-. The van der Waals surface area contributed by atoms with Crippen LogP contribution in [0.3, 0.4) is 0 Å². The van der Waals surface area contributed by atoms with Gasteiger partial charge >= 0.3 is 6.18 Å². The quantitative estimate of drug-likeness (QED) is 0.0798. The van der Waals surface area contributed by atoms with Crippen LogP contribution >= 0.6 is 0 Å². The van der Waals surface area contributed by atoms with E-state index in [0.29, 0.717) is 5.56 Å². The molecule has 0 saturated heterocycles. The van der Waals surface area contributed by atoms with Gasteiger partial charge in [-0.2, -0.15) is 13.2 Å². The maximum atomic E-state index is 13.8. The Morgan fingerprint density at radius 3 is 2.02 bits per heavy atom. The molecule has 0 fully saturated rings. The van der Waals surface area contributed by atoms with E-state index >= 15 is 0 Å². The summed E-state index contributed by atoms with van der Waals surface area (Å²) in [5.41, 5.74) is 4.60. The van der Waals surface area contributed by atoms with Crippen LogP contribution in [0.5, 0.6) is 0 Å². The summed E-state index contributed by atoms with van der Waals surface area (Å²) in [7, 11) is 0. The van der Waals surface area contributed by atoms with E-state index in [1.54, 1.807) is 12.4 Å². The monoisotopic (exact) mass is 955 g/mol. The number of carbonyl (C=O) groups is 1. The Hall–Kier alpha value is -4.33. The van der Waals surface area contributed by atoms with Gasteiger partial charge in [0, 0.05) is 54.8 Å². The fourth-order valence-electron chi connectivity index (χ4n) is 7.39. The Kier molecular flexibility index (Phi) is 14.7. The Bertz CT molecular complexity index is 2330. The summed E-state index contributed by atoms with van der Waals surface area (Å²) < 4.78 is 43.4. The summed E-state index contributed by atoms with van der Waals surface area (Å²) in [6.07, 6.45) is 2.02. The molecule has 0 atom stereocenters. The molecule has 0 aliphatic carbocycles. The predicted molar refractivity (Wildman–Crippen MR) is 224 cm³/mol. The third kappa shape index (κ3) is 9.87. The van der Waals surface area contributed by atoms with Crippen molar-refractivity contribution < 1.29 is 43.2 Å². The van der Waals surface area contributed by atoms with Crippen molar-refractivity contribution in [3.63, 3.8) is 0 Å². The van der Waals surface area contributed by atoms with Crippen molar-refractivity contribution in [2.24, 2.45) is 17.3 Å². The molecule has 2 heterocycles. The second-order valence-electron chi connectivity index (χ2n) is 16.4. The van der Waals surface area contributed by atoms with Crippen LogP contribution in [0.2, 0.25) is 0 Å². The predicted octanol–water partition coefficient (Wildman–Crippen LogP) is 13.5. The van der Waals surface area contributed by atoms with Gasteiger partial charge in [0.25, 0.3) is 0 Å². The van der Waals surface area contributed by atoms with Crippen molar-refractivity contribution in [1.29, 1.82) is 0 Å². The second kappa shape index (κ2) is 18.5. The van der Waals surface area contributed by atoms with Crippen LogP contribution in [-0.4, -0.2) is 31.6 Å². The molecule has 9 heteroatoms. The molecule has 0 spiro atoms. The van der Waals surface area contributed by atoms with Crippen LogP contribution in [-0.2, 0) is 36.7 Å². The van der Waals surface area contributed by atoms with Crippen molar-refractivity contribution >= 4 is 38.5 Å². The van der Waals surface area contributed by atoms with E-state index in [2.05, 4.69) is 49.6 Å². The molecule has 0 aliphatic rings. The zero-order chi connectivity index (χ0) is 41.0. The number of ketones is 1. The second-order valence-corrected chi connectivity index (χ2v) is 16.4. The van der Waals surface area contributed by atoms with Gasteiger partial charge in [-0.1, -0.05) is 122 Å². The maximum Gasteiger partial charge on any atom is 0.394 e. The molecular weight excluding hydrogens is 900 g/mol. The Balaban J connectivity index is 0.000000385. The van der Waals surface area contributed by atoms with E-state index < -0.39 is 11.6 Å². The van der Waals surface area contributed by atoms with Crippen molar-refractivity contribution in [2.45, 2.75) is 106 Å². The van der Waals surface area contributed by atoms with Crippen molar-refractivity contribution in [3.05, 3.63) is 114 Å². The normalized spacial score (nSPS) is 12.6. The molecule has 0 unspecified atom stereocenters. The van der Waals surface area contributed by atoms with E-state index in [0.717, 1.165) is 75.3 Å². The number of hydrogen-bond donors (Lipinski definition) is 1. The number of nitrogens with zero attached hydrogens (tertiary/aromatic N) is 3. The van der Waals surface area contributed by atoms with Crippen LogP contribution in [0, 0.1) is 23.3 Å². The van der Waals surface area contributed by atoms with E-state index in [-0.39, 0.29) is 55.3 Å². The fourth-order valence-corrected chi connectivity index (χ4v) is 7.39. The number of aromatic nitrogens is 3. The first-order valence-corrected chi connectivity index (χ1v) is 19.8. The number of para-hydroxylation sites is 1. The zero-order valence-corrected chi connectivity index (χ0v) is 36.9. The standard InChI is InChI=1S/C35H31F3N3.C13H24O2.Ir/c1-33(2,3)28-19-24(18-23-11-9-10-14-26(23)28)30-32-31(40-21-39-30)27-16-15-22(20-34(4,5)35(36,37)38)17-29(27)41(32)25-12-7-6-8-13-25;1-5-10(6-2)12(14)9-13(15)11(7-3)8-4;/h6-17,19,21H,20H2,1-5H3;9-11,14H,5-8H2,1-4H3;/q-1;;/b;12-9-;.